The van der Waals surface area contributed by atoms with Gasteiger partial charge in [0.15, 0.2) is 0 Å². The van der Waals surface area contributed by atoms with E-state index < -0.39 is 0 Å². The lowest BCUT2D eigenvalue weighted by molar-refractivity contribution is 0.122. The van der Waals surface area contributed by atoms with Crippen LogP contribution in [0.5, 0.6) is 11.5 Å². The van der Waals surface area contributed by atoms with Crippen LogP contribution in [0.2, 0.25) is 0 Å². The van der Waals surface area contributed by atoms with Crippen LogP contribution in [0, 0.1) is 0 Å². The molecule has 6 heteroatoms. The van der Waals surface area contributed by atoms with Crippen molar-refractivity contribution in [2.45, 2.75) is 13.0 Å². The van der Waals surface area contributed by atoms with E-state index in [1.165, 1.54) is 0 Å². The van der Waals surface area contributed by atoms with Crippen LogP contribution in [0.1, 0.15) is 18.5 Å². The summed E-state index contributed by atoms with van der Waals surface area (Å²) in [6.07, 6.45) is 0. The van der Waals surface area contributed by atoms with E-state index in [1.807, 2.05) is 19.1 Å². The summed E-state index contributed by atoms with van der Waals surface area (Å²) in [5.74, 6) is 6.96. The maximum atomic E-state index is 5.56. The highest BCUT2D eigenvalue weighted by Crippen LogP contribution is 2.39. The normalized spacial score (nSPS) is 12.3. The molecule has 0 bridgehead atoms. The van der Waals surface area contributed by atoms with Crippen molar-refractivity contribution in [2.75, 3.05) is 27.4 Å². The third kappa shape index (κ3) is 3.35. The highest BCUT2D eigenvalue weighted by Gasteiger charge is 2.19. The van der Waals surface area contributed by atoms with Crippen molar-refractivity contribution in [1.29, 1.82) is 0 Å². The first-order valence-corrected chi connectivity index (χ1v) is 6.43. The Balaban J connectivity index is 3.10. The summed E-state index contributed by atoms with van der Waals surface area (Å²) in [6, 6.07) is 3.63. The molecule has 0 aliphatic heterocycles. The molecule has 1 atom stereocenters. The first-order valence-electron chi connectivity index (χ1n) is 5.63. The van der Waals surface area contributed by atoms with Gasteiger partial charge in [-0.15, -0.1) is 0 Å². The number of hydrogen-bond acceptors (Lipinski definition) is 5. The van der Waals surface area contributed by atoms with E-state index in [0.717, 1.165) is 10.0 Å². The third-order valence-corrected chi connectivity index (χ3v) is 3.33. The zero-order valence-electron chi connectivity index (χ0n) is 10.8. The van der Waals surface area contributed by atoms with Crippen LogP contribution < -0.4 is 20.7 Å². The molecule has 5 nitrogen and oxygen atoms in total. The van der Waals surface area contributed by atoms with Crippen LogP contribution in [0.15, 0.2) is 16.6 Å². The molecule has 0 aliphatic rings. The molecular formula is C12H19BrN2O3. The molecule has 0 amide bonds. The van der Waals surface area contributed by atoms with Crippen LogP contribution in [0.25, 0.3) is 0 Å². The monoisotopic (exact) mass is 318 g/mol. The number of ether oxygens (including phenoxy) is 3. The second kappa shape index (κ2) is 7.58. The van der Waals surface area contributed by atoms with Gasteiger partial charge in [-0.3, -0.25) is 11.3 Å². The maximum Gasteiger partial charge on any atom is 0.141 e. The average molecular weight is 319 g/mol. The number of nitrogens with one attached hydrogen (secondary N) is 1. The fraction of sp³-hybridized carbons (Fsp3) is 0.500. The summed E-state index contributed by atoms with van der Waals surface area (Å²) in [5, 5.41) is 0. The second-order valence-electron chi connectivity index (χ2n) is 3.58. The summed E-state index contributed by atoms with van der Waals surface area (Å²) in [4.78, 5) is 0. The number of hydrazine groups is 1. The summed E-state index contributed by atoms with van der Waals surface area (Å²) >= 11 is 3.46. The molecule has 0 saturated heterocycles. The molecule has 1 aromatic rings. The molecule has 0 spiro atoms. The Labute approximate surface area is 116 Å². The van der Waals surface area contributed by atoms with Gasteiger partial charge in [-0.2, -0.15) is 0 Å². The Bertz CT molecular complexity index is 388. The lowest BCUT2D eigenvalue weighted by Crippen LogP contribution is -2.31. The molecule has 0 saturated carbocycles. The van der Waals surface area contributed by atoms with Crippen LogP contribution in [-0.2, 0) is 4.74 Å². The zero-order chi connectivity index (χ0) is 13.5. The van der Waals surface area contributed by atoms with E-state index in [1.54, 1.807) is 14.2 Å². The van der Waals surface area contributed by atoms with E-state index in [4.69, 9.17) is 20.1 Å². The minimum Gasteiger partial charge on any atom is -0.495 e. The largest absolute Gasteiger partial charge is 0.495 e. The van der Waals surface area contributed by atoms with Gasteiger partial charge in [-0.05, 0) is 35.0 Å². The van der Waals surface area contributed by atoms with Crippen molar-refractivity contribution in [2.24, 2.45) is 5.84 Å². The summed E-state index contributed by atoms with van der Waals surface area (Å²) in [7, 11) is 3.22. The molecule has 1 aromatic carbocycles. The minimum atomic E-state index is -0.137. The number of benzene rings is 1. The van der Waals surface area contributed by atoms with Crippen LogP contribution >= 0.6 is 15.9 Å². The van der Waals surface area contributed by atoms with E-state index in [9.17, 15) is 0 Å². The zero-order valence-corrected chi connectivity index (χ0v) is 12.4. The average Bonchev–Trinajstić information content (AvgIpc) is 2.40. The molecule has 0 aromatic heterocycles. The summed E-state index contributed by atoms with van der Waals surface area (Å²) in [6.45, 7) is 3.05. The molecule has 18 heavy (non-hydrogen) atoms. The molecular weight excluding hydrogens is 300 g/mol. The molecule has 0 aliphatic carbocycles. The Hall–Kier alpha value is -0.820. The van der Waals surface area contributed by atoms with Crippen molar-refractivity contribution >= 4 is 15.9 Å². The number of hydrogen-bond donors (Lipinski definition) is 2. The number of halogens is 1. The van der Waals surface area contributed by atoms with Gasteiger partial charge in [-0.1, -0.05) is 0 Å². The molecule has 1 rings (SSSR count). The first kappa shape index (κ1) is 15.2. The molecule has 0 fully saturated rings. The molecule has 3 N–H and O–H groups in total. The fourth-order valence-corrected chi connectivity index (χ4v) is 2.34. The Morgan fingerprint density at radius 3 is 2.56 bits per heavy atom. The van der Waals surface area contributed by atoms with Gasteiger partial charge in [0.05, 0.1) is 26.9 Å². The van der Waals surface area contributed by atoms with Crippen LogP contribution in [-0.4, -0.2) is 27.4 Å². The van der Waals surface area contributed by atoms with E-state index in [0.29, 0.717) is 24.7 Å². The lowest BCUT2D eigenvalue weighted by atomic mass is 10.1. The van der Waals surface area contributed by atoms with Gasteiger partial charge in [-0.25, -0.2) is 0 Å². The summed E-state index contributed by atoms with van der Waals surface area (Å²) in [5.41, 5.74) is 3.64. The van der Waals surface area contributed by atoms with Gasteiger partial charge in [0.2, 0.25) is 0 Å². The fourth-order valence-electron chi connectivity index (χ4n) is 1.66. The molecule has 0 radical (unpaired) electrons. The second-order valence-corrected chi connectivity index (χ2v) is 4.38. The number of nitrogens with two attached hydrogens (primary N) is 1. The quantitative estimate of drug-likeness (QED) is 0.594. The van der Waals surface area contributed by atoms with E-state index >= 15 is 0 Å². The van der Waals surface area contributed by atoms with E-state index in [-0.39, 0.29) is 6.04 Å². The Morgan fingerprint density at radius 1 is 1.33 bits per heavy atom. The Kier molecular flexibility index (Phi) is 6.42. The van der Waals surface area contributed by atoms with Crippen molar-refractivity contribution in [3.05, 3.63) is 22.2 Å². The topological polar surface area (TPSA) is 65.7 Å². The van der Waals surface area contributed by atoms with Crippen molar-refractivity contribution < 1.29 is 14.2 Å². The standard InChI is InChI=1S/C12H19BrN2O3/c1-4-18-7-9(15-14)8-5-6-10(16-2)11(13)12(8)17-3/h5-6,9,15H,4,7,14H2,1-3H3. The SMILES string of the molecule is CCOCC(NN)c1ccc(OC)c(Br)c1OC. The maximum absolute atomic E-state index is 5.56. The Morgan fingerprint density at radius 2 is 2.06 bits per heavy atom. The van der Waals surface area contributed by atoms with Gasteiger partial charge < -0.3 is 14.2 Å². The number of methoxy groups -OCH3 is 2. The van der Waals surface area contributed by atoms with Gasteiger partial charge in [0, 0.05) is 12.2 Å². The predicted octanol–water partition coefficient (Wildman–Crippen LogP) is 2.01. The van der Waals surface area contributed by atoms with Gasteiger partial charge in [0.25, 0.3) is 0 Å². The third-order valence-electron chi connectivity index (χ3n) is 2.58. The lowest BCUT2D eigenvalue weighted by Gasteiger charge is -2.20. The predicted molar refractivity (Wildman–Crippen MR) is 73.8 cm³/mol. The highest BCUT2D eigenvalue weighted by molar-refractivity contribution is 9.10. The first-order chi connectivity index (χ1) is 8.69. The van der Waals surface area contributed by atoms with Gasteiger partial charge >= 0.3 is 0 Å². The molecule has 102 valence electrons. The summed E-state index contributed by atoms with van der Waals surface area (Å²) < 4.78 is 16.8. The smallest absolute Gasteiger partial charge is 0.141 e. The van der Waals surface area contributed by atoms with Crippen LogP contribution in [0.3, 0.4) is 0 Å². The molecule has 0 heterocycles. The van der Waals surface area contributed by atoms with Crippen molar-refractivity contribution in [1.82, 2.24) is 5.43 Å². The minimum absolute atomic E-state index is 0.137. The van der Waals surface area contributed by atoms with Gasteiger partial charge in [0.1, 0.15) is 16.0 Å². The van der Waals surface area contributed by atoms with Crippen molar-refractivity contribution in [3.63, 3.8) is 0 Å². The number of rotatable bonds is 7. The van der Waals surface area contributed by atoms with Crippen molar-refractivity contribution in [3.8, 4) is 11.5 Å². The van der Waals surface area contributed by atoms with E-state index in [2.05, 4.69) is 21.4 Å². The highest BCUT2D eigenvalue weighted by atomic mass is 79.9. The van der Waals surface area contributed by atoms with Crippen LogP contribution in [0.4, 0.5) is 0 Å². The molecule has 1 unspecified atom stereocenters.